The van der Waals surface area contributed by atoms with Gasteiger partial charge in [0.15, 0.2) is 17.8 Å². The average Bonchev–Trinajstić information content (AvgIpc) is 3.06. The van der Waals surface area contributed by atoms with E-state index in [0.29, 0.717) is 6.61 Å². The first-order valence-electron chi connectivity index (χ1n) is 6.64. The summed E-state index contributed by atoms with van der Waals surface area (Å²) in [5.41, 5.74) is 0.953. The fourth-order valence-electron chi connectivity index (χ4n) is 2.32. The lowest BCUT2D eigenvalue weighted by molar-refractivity contribution is -0.0615. The summed E-state index contributed by atoms with van der Waals surface area (Å²) < 4.78 is 22.1. The van der Waals surface area contributed by atoms with Crippen molar-refractivity contribution in [3.63, 3.8) is 0 Å². The van der Waals surface area contributed by atoms with Crippen LogP contribution in [0.2, 0.25) is 0 Å². The zero-order valence-electron chi connectivity index (χ0n) is 10.7. The molecule has 0 amide bonds. The number of aliphatic hydroxyl groups excluding tert-OH is 1. The molecule has 3 rings (SSSR count). The molecular weight excluding hydrogens is 248 g/mol. The Morgan fingerprint density at radius 3 is 2.95 bits per heavy atom. The molecule has 1 aromatic carbocycles. The molecule has 0 saturated carbocycles. The first-order valence-corrected chi connectivity index (χ1v) is 6.64. The molecule has 19 heavy (non-hydrogen) atoms. The molecular formula is C14H18O5. The Kier molecular flexibility index (Phi) is 3.87. The van der Waals surface area contributed by atoms with E-state index in [1.165, 1.54) is 0 Å². The van der Waals surface area contributed by atoms with Crippen LogP contribution in [0.4, 0.5) is 0 Å². The van der Waals surface area contributed by atoms with E-state index in [0.717, 1.165) is 36.3 Å². The molecule has 1 N–H and O–H groups in total. The molecule has 1 saturated heterocycles. The summed E-state index contributed by atoms with van der Waals surface area (Å²) in [7, 11) is 0. The Morgan fingerprint density at radius 2 is 2.05 bits per heavy atom. The summed E-state index contributed by atoms with van der Waals surface area (Å²) in [5, 5.41) is 8.76. The lowest BCUT2D eigenvalue weighted by Gasteiger charge is -2.12. The number of ether oxygens (including phenoxy) is 4. The van der Waals surface area contributed by atoms with E-state index in [1.807, 2.05) is 18.2 Å². The summed E-state index contributed by atoms with van der Waals surface area (Å²) in [5.74, 6) is 1.51. The minimum atomic E-state index is -0.325. The average molecular weight is 266 g/mol. The van der Waals surface area contributed by atoms with Crippen LogP contribution in [0.5, 0.6) is 11.5 Å². The predicted molar refractivity (Wildman–Crippen MR) is 67.1 cm³/mol. The van der Waals surface area contributed by atoms with Gasteiger partial charge in [-0.05, 0) is 37.5 Å². The highest BCUT2D eigenvalue weighted by Crippen LogP contribution is 2.37. The molecule has 0 spiro atoms. The van der Waals surface area contributed by atoms with E-state index in [1.54, 1.807) is 0 Å². The van der Waals surface area contributed by atoms with Crippen molar-refractivity contribution in [1.82, 2.24) is 0 Å². The highest BCUT2D eigenvalue weighted by molar-refractivity contribution is 5.44. The second-order valence-electron chi connectivity index (χ2n) is 4.76. The number of benzene rings is 1. The first-order chi connectivity index (χ1) is 9.36. The highest BCUT2D eigenvalue weighted by Gasteiger charge is 2.28. The molecule has 5 nitrogen and oxygen atoms in total. The lowest BCUT2D eigenvalue weighted by Crippen LogP contribution is -2.09. The highest BCUT2D eigenvalue weighted by atomic mass is 16.7. The molecule has 2 aliphatic rings. The van der Waals surface area contributed by atoms with Gasteiger partial charge in [-0.15, -0.1) is 0 Å². The Labute approximate surface area is 112 Å². The number of hydrogen-bond donors (Lipinski definition) is 1. The largest absolute Gasteiger partial charge is 0.454 e. The van der Waals surface area contributed by atoms with Gasteiger partial charge in [-0.25, -0.2) is 0 Å². The SMILES string of the molecule is OCCCC[C@H]1CO[C@@H](c2ccc3c(c2)OCO3)O1. The zero-order chi connectivity index (χ0) is 13.1. The van der Waals surface area contributed by atoms with Crippen molar-refractivity contribution in [2.45, 2.75) is 31.7 Å². The van der Waals surface area contributed by atoms with Gasteiger partial charge in [0.2, 0.25) is 6.79 Å². The van der Waals surface area contributed by atoms with Crippen LogP contribution >= 0.6 is 0 Å². The number of hydrogen-bond acceptors (Lipinski definition) is 5. The normalized spacial score (nSPS) is 24.9. The standard InChI is InChI=1S/C14H18O5/c15-6-2-1-3-11-8-16-14(19-11)10-4-5-12-13(7-10)18-9-17-12/h4-5,7,11,14-15H,1-3,6,8-9H2/t11-,14+/m0/s1. The van der Waals surface area contributed by atoms with E-state index < -0.39 is 0 Å². The maximum atomic E-state index is 8.76. The molecule has 0 aliphatic carbocycles. The van der Waals surface area contributed by atoms with Gasteiger partial charge >= 0.3 is 0 Å². The fourth-order valence-corrected chi connectivity index (χ4v) is 2.32. The molecule has 5 heteroatoms. The van der Waals surface area contributed by atoms with Gasteiger partial charge in [0.1, 0.15) is 0 Å². The maximum absolute atomic E-state index is 8.76. The van der Waals surface area contributed by atoms with Gasteiger partial charge in [0, 0.05) is 12.2 Å². The third kappa shape index (κ3) is 2.83. The van der Waals surface area contributed by atoms with Crippen LogP contribution in [0.15, 0.2) is 18.2 Å². The third-order valence-corrected chi connectivity index (χ3v) is 3.35. The summed E-state index contributed by atoms with van der Waals surface area (Å²) in [6, 6.07) is 5.72. The van der Waals surface area contributed by atoms with E-state index in [9.17, 15) is 0 Å². The zero-order valence-corrected chi connectivity index (χ0v) is 10.7. The molecule has 2 atom stereocenters. The van der Waals surface area contributed by atoms with Gasteiger partial charge in [-0.3, -0.25) is 0 Å². The lowest BCUT2D eigenvalue weighted by atomic mass is 10.1. The minimum Gasteiger partial charge on any atom is -0.454 e. The van der Waals surface area contributed by atoms with Crippen molar-refractivity contribution in [2.75, 3.05) is 20.0 Å². The summed E-state index contributed by atoms with van der Waals surface area (Å²) >= 11 is 0. The minimum absolute atomic E-state index is 0.113. The van der Waals surface area contributed by atoms with Gasteiger partial charge in [0.25, 0.3) is 0 Å². The van der Waals surface area contributed by atoms with Gasteiger partial charge in [-0.2, -0.15) is 0 Å². The maximum Gasteiger partial charge on any atom is 0.231 e. The Morgan fingerprint density at radius 1 is 1.16 bits per heavy atom. The molecule has 0 radical (unpaired) electrons. The second kappa shape index (κ2) is 5.77. The van der Waals surface area contributed by atoms with E-state index in [-0.39, 0.29) is 25.8 Å². The van der Waals surface area contributed by atoms with Crippen molar-refractivity contribution < 1.29 is 24.1 Å². The van der Waals surface area contributed by atoms with Crippen LogP contribution in [-0.2, 0) is 9.47 Å². The molecule has 2 heterocycles. The molecule has 0 aromatic heterocycles. The van der Waals surface area contributed by atoms with Crippen LogP contribution in [0, 0.1) is 0 Å². The second-order valence-corrected chi connectivity index (χ2v) is 4.76. The Bertz CT molecular complexity index is 434. The molecule has 1 aromatic rings. The van der Waals surface area contributed by atoms with Gasteiger partial charge < -0.3 is 24.1 Å². The first kappa shape index (κ1) is 12.7. The van der Waals surface area contributed by atoms with E-state index in [4.69, 9.17) is 24.1 Å². The third-order valence-electron chi connectivity index (χ3n) is 3.35. The van der Waals surface area contributed by atoms with Gasteiger partial charge in [0.05, 0.1) is 12.7 Å². The monoisotopic (exact) mass is 266 g/mol. The number of fused-ring (bicyclic) bond motifs is 1. The summed E-state index contributed by atoms with van der Waals surface area (Å²) in [6.07, 6.45) is 2.48. The summed E-state index contributed by atoms with van der Waals surface area (Å²) in [4.78, 5) is 0. The number of unbranched alkanes of at least 4 members (excludes halogenated alkanes) is 1. The quantitative estimate of drug-likeness (QED) is 0.826. The Hall–Kier alpha value is -1.30. The van der Waals surface area contributed by atoms with Crippen LogP contribution in [0.1, 0.15) is 31.1 Å². The topological polar surface area (TPSA) is 57.2 Å². The molecule has 104 valence electrons. The van der Waals surface area contributed by atoms with Gasteiger partial charge in [-0.1, -0.05) is 0 Å². The predicted octanol–water partition coefficient (Wildman–Crippen LogP) is 1.99. The molecule has 1 fully saturated rings. The van der Waals surface area contributed by atoms with E-state index in [2.05, 4.69) is 0 Å². The number of aliphatic hydroxyl groups is 1. The van der Waals surface area contributed by atoms with Crippen molar-refractivity contribution >= 4 is 0 Å². The van der Waals surface area contributed by atoms with Crippen LogP contribution in [-0.4, -0.2) is 31.2 Å². The fraction of sp³-hybridized carbons (Fsp3) is 0.571. The van der Waals surface area contributed by atoms with E-state index >= 15 is 0 Å². The Balaban J connectivity index is 1.58. The molecule has 2 aliphatic heterocycles. The van der Waals surface area contributed by atoms with Crippen LogP contribution in [0.3, 0.4) is 0 Å². The van der Waals surface area contributed by atoms with Crippen LogP contribution < -0.4 is 9.47 Å². The smallest absolute Gasteiger partial charge is 0.231 e. The molecule has 0 bridgehead atoms. The number of rotatable bonds is 5. The van der Waals surface area contributed by atoms with Crippen molar-refractivity contribution in [1.29, 1.82) is 0 Å². The van der Waals surface area contributed by atoms with Crippen molar-refractivity contribution in [3.8, 4) is 11.5 Å². The van der Waals surface area contributed by atoms with Crippen LogP contribution in [0.25, 0.3) is 0 Å². The molecule has 0 unspecified atom stereocenters. The van der Waals surface area contributed by atoms with Crippen molar-refractivity contribution in [3.05, 3.63) is 23.8 Å². The summed E-state index contributed by atoms with van der Waals surface area (Å²) in [6.45, 7) is 1.11. The van der Waals surface area contributed by atoms with Crippen molar-refractivity contribution in [2.24, 2.45) is 0 Å².